The van der Waals surface area contributed by atoms with Crippen LogP contribution in [0.15, 0.2) is 12.1 Å². The minimum Gasteiger partial charge on any atom is -0.508 e. The highest BCUT2D eigenvalue weighted by Crippen LogP contribution is 2.38. The Morgan fingerprint density at radius 3 is 2.26 bits per heavy atom. The van der Waals surface area contributed by atoms with E-state index in [-0.39, 0.29) is 22.7 Å². The number of nitrogens with two attached hydrogens (primary N) is 1. The molecule has 0 radical (unpaired) electrons. The number of carboxylic acids is 1. The third-order valence-electron chi connectivity index (χ3n) is 4.84. The molecule has 4 atom stereocenters. The van der Waals surface area contributed by atoms with Gasteiger partial charge in [-0.05, 0) is 31.7 Å². The molecule has 1 aliphatic heterocycles. The minimum atomic E-state index is -5.08. The number of alkyl halides is 3. The number of aliphatic carboxylic acids is 1. The van der Waals surface area contributed by atoms with Gasteiger partial charge in [-0.15, -0.1) is 0 Å². The molecule has 2 rings (SSSR count). The first-order valence-electron chi connectivity index (χ1n) is 9.03. The van der Waals surface area contributed by atoms with Crippen LogP contribution >= 0.6 is 23.2 Å². The largest absolute Gasteiger partial charge is 0.508 e. The summed E-state index contributed by atoms with van der Waals surface area (Å²) in [6.07, 6.45) is -5.24. The van der Waals surface area contributed by atoms with E-state index in [4.69, 9.17) is 43.9 Å². The van der Waals surface area contributed by atoms with E-state index in [2.05, 4.69) is 0 Å². The van der Waals surface area contributed by atoms with Crippen LogP contribution in [-0.2, 0) is 9.59 Å². The topological polar surface area (TPSA) is 144 Å². The van der Waals surface area contributed by atoms with Gasteiger partial charge in [0.25, 0.3) is 5.91 Å². The number of aromatic hydroxyl groups is 1. The number of amides is 1. The number of piperidine rings is 1. The van der Waals surface area contributed by atoms with Crippen LogP contribution in [0.2, 0.25) is 10.0 Å². The van der Waals surface area contributed by atoms with Gasteiger partial charge in [0.15, 0.2) is 6.10 Å². The molecule has 1 heterocycles. The Hall–Kier alpha value is -1.79. The molecule has 31 heavy (non-hydrogen) atoms. The van der Waals surface area contributed by atoms with Crippen molar-refractivity contribution in [3.8, 4) is 5.75 Å². The highest BCUT2D eigenvalue weighted by molar-refractivity contribution is 6.42. The summed E-state index contributed by atoms with van der Waals surface area (Å²) in [6.45, 7) is 1.70. The number of hydrogen-bond donors (Lipinski definition) is 5. The van der Waals surface area contributed by atoms with Crippen molar-refractivity contribution in [1.29, 1.82) is 0 Å². The molecule has 1 fully saturated rings. The second-order valence-electron chi connectivity index (χ2n) is 7.02. The summed E-state index contributed by atoms with van der Waals surface area (Å²) in [6, 6.07) is 2.37. The number of carbonyl (C=O) groups is 2. The third kappa shape index (κ3) is 7.39. The van der Waals surface area contributed by atoms with Gasteiger partial charge in [-0.3, -0.25) is 4.79 Å². The number of aliphatic hydroxyl groups excluding tert-OH is 2. The molecule has 0 bridgehead atoms. The first-order valence-corrected chi connectivity index (χ1v) is 9.79. The lowest BCUT2D eigenvalue weighted by atomic mass is 9.82. The van der Waals surface area contributed by atoms with E-state index in [1.807, 2.05) is 6.92 Å². The summed E-state index contributed by atoms with van der Waals surface area (Å²) < 4.78 is 31.7. The van der Waals surface area contributed by atoms with Gasteiger partial charge in [0.2, 0.25) is 0 Å². The molecule has 8 nitrogen and oxygen atoms in total. The Morgan fingerprint density at radius 2 is 1.81 bits per heavy atom. The molecule has 1 aromatic rings. The fourth-order valence-electron chi connectivity index (χ4n) is 3.20. The number of halogens is 5. The van der Waals surface area contributed by atoms with Gasteiger partial charge in [-0.25, -0.2) is 4.79 Å². The molecule has 0 unspecified atom stereocenters. The van der Waals surface area contributed by atoms with Crippen LogP contribution in [0.4, 0.5) is 13.2 Å². The smallest absolute Gasteiger partial charge is 0.490 e. The molecule has 0 aromatic heterocycles. The van der Waals surface area contributed by atoms with E-state index >= 15 is 0 Å². The van der Waals surface area contributed by atoms with Gasteiger partial charge in [0.1, 0.15) is 5.75 Å². The van der Waals surface area contributed by atoms with Gasteiger partial charge in [-0.1, -0.05) is 23.2 Å². The number of phenolic OH excluding ortho intramolecular Hbond substituents is 1. The Labute approximate surface area is 186 Å². The number of hydrogen-bond acceptors (Lipinski definition) is 6. The summed E-state index contributed by atoms with van der Waals surface area (Å²) in [5, 5.41) is 36.2. The van der Waals surface area contributed by atoms with Gasteiger partial charge in [0.05, 0.1) is 16.7 Å². The second-order valence-corrected chi connectivity index (χ2v) is 7.83. The Morgan fingerprint density at radius 1 is 1.29 bits per heavy atom. The predicted molar refractivity (Wildman–Crippen MR) is 106 cm³/mol. The molecule has 1 aliphatic rings. The van der Waals surface area contributed by atoms with Crippen LogP contribution in [0.3, 0.4) is 0 Å². The second kappa shape index (κ2) is 11.2. The molecule has 6 N–H and O–H groups in total. The van der Waals surface area contributed by atoms with E-state index in [1.165, 1.54) is 6.07 Å². The van der Waals surface area contributed by atoms with Gasteiger partial charge in [-0.2, -0.15) is 13.2 Å². The number of likely N-dealkylation sites (tertiary alicyclic amines) is 1. The average molecular weight is 491 g/mol. The Balaban J connectivity index is 0.000000592. The van der Waals surface area contributed by atoms with Gasteiger partial charge in [0, 0.05) is 30.3 Å². The first kappa shape index (κ1) is 27.2. The van der Waals surface area contributed by atoms with Crippen LogP contribution in [0.5, 0.6) is 5.75 Å². The van der Waals surface area contributed by atoms with E-state index < -0.39 is 36.8 Å². The molecule has 1 aromatic carbocycles. The van der Waals surface area contributed by atoms with Crippen molar-refractivity contribution in [2.45, 2.75) is 44.1 Å². The quantitative estimate of drug-likeness (QED) is 0.435. The van der Waals surface area contributed by atoms with Crippen molar-refractivity contribution < 1.29 is 43.2 Å². The normalized spacial score (nSPS) is 21.0. The summed E-state index contributed by atoms with van der Waals surface area (Å²) >= 11 is 11.9. The molecule has 0 spiro atoms. The lowest BCUT2D eigenvalue weighted by molar-refractivity contribution is -0.192. The maximum atomic E-state index is 12.0. The van der Waals surface area contributed by atoms with Crippen molar-refractivity contribution in [1.82, 2.24) is 4.90 Å². The molecule has 0 saturated carbocycles. The van der Waals surface area contributed by atoms with Gasteiger partial charge < -0.3 is 31.1 Å². The predicted octanol–water partition coefficient (Wildman–Crippen LogP) is 2.31. The lowest BCUT2D eigenvalue weighted by Gasteiger charge is -2.40. The molecule has 13 heteroatoms. The highest BCUT2D eigenvalue weighted by Gasteiger charge is 2.38. The van der Waals surface area contributed by atoms with Crippen molar-refractivity contribution >= 4 is 35.1 Å². The number of phenols is 1. The van der Waals surface area contributed by atoms with Crippen LogP contribution in [0, 0.1) is 5.92 Å². The number of nitrogens with zero attached hydrogens (tertiary/aromatic N) is 1. The Bertz CT molecular complexity index is 796. The Kier molecular flexibility index (Phi) is 9.83. The van der Waals surface area contributed by atoms with Crippen LogP contribution in [0.25, 0.3) is 0 Å². The summed E-state index contributed by atoms with van der Waals surface area (Å²) in [7, 11) is 0. The fourth-order valence-corrected chi connectivity index (χ4v) is 3.53. The third-order valence-corrected chi connectivity index (χ3v) is 5.56. The average Bonchev–Trinajstić information content (AvgIpc) is 2.68. The number of carboxylic acid groups (broad SMARTS) is 1. The van der Waals surface area contributed by atoms with E-state index in [1.54, 1.807) is 11.0 Å². The molecular formula is C18H23Cl2F3N2O6. The summed E-state index contributed by atoms with van der Waals surface area (Å²) in [5.74, 6) is -3.20. The van der Waals surface area contributed by atoms with E-state index in [0.29, 0.717) is 30.0 Å². The van der Waals surface area contributed by atoms with Crippen LogP contribution in [-0.4, -0.2) is 68.7 Å². The van der Waals surface area contributed by atoms with E-state index in [9.17, 15) is 28.2 Å². The van der Waals surface area contributed by atoms with Crippen molar-refractivity contribution in [2.75, 3.05) is 13.2 Å². The van der Waals surface area contributed by atoms with Crippen LogP contribution in [0.1, 0.15) is 31.4 Å². The number of rotatable bonds is 4. The minimum absolute atomic E-state index is 0.00115. The monoisotopic (exact) mass is 490 g/mol. The zero-order valence-electron chi connectivity index (χ0n) is 16.3. The first-order chi connectivity index (χ1) is 14.2. The number of aliphatic hydroxyl groups is 2. The van der Waals surface area contributed by atoms with Crippen LogP contribution < -0.4 is 5.73 Å². The van der Waals surface area contributed by atoms with E-state index in [0.717, 1.165) is 0 Å². The molecular weight excluding hydrogens is 468 g/mol. The molecule has 176 valence electrons. The molecule has 0 aliphatic carbocycles. The van der Waals surface area contributed by atoms with Gasteiger partial charge >= 0.3 is 12.1 Å². The lowest BCUT2D eigenvalue weighted by Crippen LogP contribution is -2.50. The number of carbonyl (C=O) groups excluding carboxylic acids is 1. The summed E-state index contributed by atoms with van der Waals surface area (Å²) in [4.78, 5) is 22.5. The molecule has 1 amide bonds. The standard InChI is InChI=1S/C16H22Cl2N2O4.C2HF3O2/c1-8-4-9(2-3-20(8)16(24)14(23)7-21)15(19)10-5-11(17)12(18)6-13(10)22;3-2(4,5)1(6)7/h5-6,8-9,14-15,21-23H,2-4,7,19H2,1H3;(H,6,7)/t8-,9+,14+,15+;/m0./s1. The number of benzene rings is 1. The molecule has 1 saturated heterocycles. The summed E-state index contributed by atoms with van der Waals surface area (Å²) in [5.41, 5.74) is 6.83. The van der Waals surface area contributed by atoms with Crippen molar-refractivity contribution in [3.05, 3.63) is 27.7 Å². The fraction of sp³-hybridized carbons (Fsp3) is 0.556. The highest BCUT2D eigenvalue weighted by atomic mass is 35.5. The zero-order chi connectivity index (χ0) is 24.1. The zero-order valence-corrected chi connectivity index (χ0v) is 17.8. The maximum absolute atomic E-state index is 12.0. The SMILES string of the molecule is C[C@H]1C[C@H]([C@@H](N)c2cc(Cl)c(Cl)cc2O)CCN1C(=O)[C@H](O)CO.O=C(O)C(F)(F)F. The maximum Gasteiger partial charge on any atom is 0.490 e. The van der Waals surface area contributed by atoms with Crippen molar-refractivity contribution in [2.24, 2.45) is 11.7 Å². The van der Waals surface area contributed by atoms with Crippen molar-refractivity contribution in [3.63, 3.8) is 0 Å².